The smallest absolute Gasteiger partial charge is 0.275 e. The number of anilines is 2. The van der Waals surface area contributed by atoms with Crippen molar-refractivity contribution < 1.29 is 4.79 Å². The van der Waals surface area contributed by atoms with Gasteiger partial charge in [0.15, 0.2) is 0 Å². The molecule has 3 rings (SSSR count). The zero-order valence-corrected chi connectivity index (χ0v) is 16.8. The molecule has 136 valence electrons. The molecule has 0 aliphatic carbocycles. The highest BCUT2D eigenvalue weighted by Crippen LogP contribution is 2.25. The van der Waals surface area contributed by atoms with Crippen LogP contribution in [-0.4, -0.2) is 29.6 Å². The van der Waals surface area contributed by atoms with E-state index in [0.717, 1.165) is 28.1 Å². The Kier molecular flexibility index (Phi) is 5.52. The fourth-order valence-electron chi connectivity index (χ4n) is 2.90. The molecule has 0 aliphatic rings. The highest BCUT2D eigenvalue weighted by atomic mass is 79.9. The van der Waals surface area contributed by atoms with Gasteiger partial charge in [-0.15, -0.1) is 0 Å². The van der Waals surface area contributed by atoms with Crippen molar-refractivity contribution in [3.05, 3.63) is 70.7 Å². The molecular formula is C20H23BrN4O. The molecule has 26 heavy (non-hydrogen) atoms. The van der Waals surface area contributed by atoms with Gasteiger partial charge >= 0.3 is 0 Å². The average Bonchev–Trinajstić information content (AvgIpc) is 3.28. The lowest BCUT2D eigenvalue weighted by Gasteiger charge is -2.24. The van der Waals surface area contributed by atoms with Gasteiger partial charge in [0.1, 0.15) is 5.69 Å². The summed E-state index contributed by atoms with van der Waals surface area (Å²) in [5.74, 6) is -0.0234. The Morgan fingerprint density at radius 1 is 1.15 bits per heavy atom. The molecular weight excluding hydrogens is 392 g/mol. The van der Waals surface area contributed by atoms with Crippen molar-refractivity contribution in [1.29, 1.82) is 0 Å². The second-order valence-electron chi connectivity index (χ2n) is 6.33. The molecule has 6 heteroatoms. The molecule has 2 aromatic heterocycles. The van der Waals surface area contributed by atoms with Crippen LogP contribution in [0.15, 0.2) is 59.3 Å². The van der Waals surface area contributed by atoms with Crippen molar-refractivity contribution in [3.8, 4) is 0 Å². The lowest BCUT2D eigenvalue weighted by molar-refractivity contribution is 0.0976. The minimum Gasteiger partial charge on any atom is -0.378 e. The summed E-state index contributed by atoms with van der Waals surface area (Å²) in [6, 6.07) is 13.8. The molecule has 2 heterocycles. The van der Waals surface area contributed by atoms with E-state index in [9.17, 15) is 4.79 Å². The predicted molar refractivity (Wildman–Crippen MR) is 110 cm³/mol. The highest BCUT2D eigenvalue weighted by molar-refractivity contribution is 9.10. The molecule has 0 saturated heterocycles. The van der Waals surface area contributed by atoms with Gasteiger partial charge in [0.25, 0.3) is 5.91 Å². The summed E-state index contributed by atoms with van der Waals surface area (Å²) in [7, 11) is 4.00. The summed E-state index contributed by atoms with van der Waals surface area (Å²) in [6.45, 7) is 3.26. The molecule has 5 nitrogen and oxygen atoms in total. The first-order valence-corrected chi connectivity index (χ1v) is 9.36. The standard InChI is InChI=1S/C20H23BrN4O/c1-4-24-13-15(21)12-19(24)20(26)25(14-16-6-5-11-22-16)18-9-7-17(8-10-18)23(2)3/h5-13,22H,4,14H2,1-3H3. The van der Waals surface area contributed by atoms with Crippen LogP contribution in [0.4, 0.5) is 11.4 Å². The van der Waals surface area contributed by atoms with E-state index < -0.39 is 0 Å². The molecule has 0 aliphatic heterocycles. The molecule has 1 aromatic carbocycles. The van der Waals surface area contributed by atoms with E-state index in [-0.39, 0.29) is 5.91 Å². The lowest BCUT2D eigenvalue weighted by Crippen LogP contribution is -2.32. The zero-order chi connectivity index (χ0) is 18.7. The summed E-state index contributed by atoms with van der Waals surface area (Å²) >= 11 is 3.48. The van der Waals surface area contributed by atoms with E-state index in [1.165, 1.54) is 0 Å². The molecule has 1 N–H and O–H groups in total. The summed E-state index contributed by atoms with van der Waals surface area (Å²) in [5.41, 5.74) is 3.63. The number of hydrogen-bond acceptors (Lipinski definition) is 2. The maximum absolute atomic E-state index is 13.3. The minimum atomic E-state index is -0.0234. The molecule has 3 aromatic rings. The first kappa shape index (κ1) is 18.3. The van der Waals surface area contributed by atoms with Crippen LogP contribution in [0.3, 0.4) is 0 Å². The molecule has 0 atom stereocenters. The Hall–Kier alpha value is -2.47. The second kappa shape index (κ2) is 7.83. The number of aryl methyl sites for hydroxylation is 1. The van der Waals surface area contributed by atoms with Gasteiger partial charge in [0, 0.05) is 54.6 Å². The van der Waals surface area contributed by atoms with Crippen molar-refractivity contribution in [2.75, 3.05) is 23.9 Å². The summed E-state index contributed by atoms with van der Waals surface area (Å²) < 4.78 is 2.87. The quantitative estimate of drug-likeness (QED) is 0.644. The van der Waals surface area contributed by atoms with Gasteiger partial charge in [0.2, 0.25) is 0 Å². The van der Waals surface area contributed by atoms with Crippen LogP contribution in [0.2, 0.25) is 0 Å². The average molecular weight is 415 g/mol. The van der Waals surface area contributed by atoms with Crippen molar-refractivity contribution in [3.63, 3.8) is 0 Å². The van der Waals surface area contributed by atoms with Crippen LogP contribution < -0.4 is 9.80 Å². The Labute approximate surface area is 162 Å². The fourth-order valence-corrected chi connectivity index (χ4v) is 3.36. The molecule has 0 fully saturated rings. The lowest BCUT2D eigenvalue weighted by atomic mass is 10.2. The number of hydrogen-bond donors (Lipinski definition) is 1. The number of rotatable bonds is 6. The van der Waals surface area contributed by atoms with Crippen LogP contribution >= 0.6 is 15.9 Å². The molecule has 1 amide bonds. The summed E-state index contributed by atoms with van der Waals surface area (Å²) in [5, 5.41) is 0. The number of aromatic amines is 1. The first-order valence-electron chi connectivity index (χ1n) is 8.56. The van der Waals surface area contributed by atoms with Gasteiger partial charge < -0.3 is 19.4 Å². The van der Waals surface area contributed by atoms with Crippen molar-refractivity contribution >= 4 is 33.2 Å². The molecule has 0 unspecified atom stereocenters. The third kappa shape index (κ3) is 3.85. The third-order valence-electron chi connectivity index (χ3n) is 4.34. The number of carbonyl (C=O) groups excluding carboxylic acids is 1. The van der Waals surface area contributed by atoms with Crippen LogP contribution in [0.25, 0.3) is 0 Å². The van der Waals surface area contributed by atoms with Gasteiger partial charge in [0.05, 0.1) is 6.54 Å². The summed E-state index contributed by atoms with van der Waals surface area (Å²) in [4.78, 5) is 20.4. The number of H-pyrrole nitrogens is 1. The fraction of sp³-hybridized carbons (Fsp3) is 0.250. The Bertz CT molecular complexity index is 866. The van der Waals surface area contributed by atoms with Gasteiger partial charge in [-0.25, -0.2) is 0 Å². The van der Waals surface area contributed by atoms with E-state index in [1.54, 1.807) is 4.90 Å². The number of benzene rings is 1. The van der Waals surface area contributed by atoms with Crippen molar-refractivity contribution in [2.45, 2.75) is 20.0 Å². The topological polar surface area (TPSA) is 44.3 Å². The second-order valence-corrected chi connectivity index (χ2v) is 7.24. The molecule has 0 spiro atoms. The maximum atomic E-state index is 13.3. The molecule has 0 radical (unpaired) electrons. The van der Waals surface area contributed by atoms with E-state index in [2.05, 4.69) is 20.9 Å². The van der Waals surface area contributed by atoms with E-state index in [4.69, 9.17) is 0 Å². The van der Waals surface area contributed by atoms with Crippen molar-refractivity contribution in [1.82, 2.24) is 9.55 Å². The third-order valence-corrected chi connectivity index (χ3v) is 4.77. The summed E-state index contributed by atoms with van der Waals surface area (Å²) in [6.07, 6.45) is 3.81. The van der Waals surface area contributed by atoms with Gasteiger partial charge in [-0.05, 0) is 65.3 Å². The number of amides is 1. The number of halogens is 1. The molecule has 0 bridgehead atoms. The van der Waals surface area contributed by atoms with Crippen molar-refractivity contribution in [2.24, 2.45) is 0 Å². The minimum absolute atomic E-state index is 0.0234. The number of aromatic nitrogens is 2. The normalized spacial score (nSPS) is 10.8. The number of carbonyl (C=O) groups is 1. The van der Waals surface area contributed by atoms with Crippen LogP contribution in [0.5, 0.6) is 0 Å². The van der Waals surface area contributed by atoms with Gasteiger partial charge in [-0.2, -0.15) is 0 Å². The number of nitrogens with zero attached hydrogens (tertiary/aromatic N) is 3. The van der Waals surface area contributed by atoms with Gasteiger partial charge in [-0.3, -0.25) is 4.79 Å². The Morgan fingerprint density at radius 2 is 1.85 bits per heavy atom. The highest BCUT2D eigenvalue weighted by Gasteiger charge is 2.22. The van der Waals surface area contributed by atoms with Crippen LogP contribution in [0, 0.1) is 0 Å². The zero-order valence-electron chi connectivity index (χ0n) is 15.2. The number of nitrogens with one attached hydrogen (secondary N) is 1. The SMILES string of the molecule is CCn1cc(Br)cc1C(=O)N(Cc1ccc[nH]1)c1ccc(N(C)C)cc1. The first-order chi connectivity index (χ1) is 12.5. The van der Waals surface area contributed by atoms with Crippen LogP contribution in [0.1, 0.15) is 23.1 Å². The maximum Gasteiger partial charge on any atom is 0.275 e. The van der Waals surface area contributed by atoms with Crippen LogP contribution in [-0.2, 0) is 13.1 Å². The Balaban J connectivity index is 1.98. The molecule has 0 saturated carbocycles. The largest absolute Gasteiger partial charge is 0.378 e. The predicted octanol–water partition coefficient (Wildman–Crippen LogP) is 4.51. The Morgan fingerprint density at radius 3 is 2.42 bits per heavy atom. The monoisotopic (exact) mass is 414 g/mol. The van der Waals surface area contributed by atoms with Gasteiger partial charge in [-0.1, -0.05) is 0 Å². The van der Waals surface area contributed by atoms with E-state index in [1.807, 2.05) is 85.3 Å². The van der Waals surface area contributed by atoms with E-state index >= 15 is 0 Å². The van der Waals surface area contributed by atoms with E-state index in [0.29, 0.717) is 12.2 Å².